The monoisotopic (exact) mass is 455 g/mol. The topological polar surface area (TPSA) is 56.8 Å². The summed E-state index contributed by atoms with van der Waals surface area (Å²) in [4.78, 5) is 12.8. The third-order valence-corrected chi connectivity index (χ3v) is 4.71. The molecule has 1 amide bonds. The van der Waals surface area contributed by atoms with Crippen LogP contribution in [0.1, 0.15) is 22.8 Å². The highest BCUT2D eigenvalue weighted by molar-refractivity contribution is 9.10. The maximum atomic E-state index is 12.8. The van der Waals surface area contributed by atoms with Crippen LogP contribution in [0.15, 0.2) is 71.2 Å². The number of carbonyl (C=O) groups excluding carboxylic acids is 1. The SMILES string of the molecule is CCOc1c(Br)cc(C(=O)Nc2cccc(OC)c2)cc1OCc1ccccc1. The summed E-state index contributed by atoms with van der Waals surface area (Å²) in [6.45, 7) is 2.75. The maximum absolute atomic E-state index is 12.8. The van der Waals surface area contributed by atoms with Crippen LogP contribution >= 0.6 is 15.9 Å². The van der Waals surface area contributed by atoms with Crippen molar-refractivity contribution in [3.63, 3.8) is 0 Å². The minimum absolute atomic E-state index is 0.258. The Bertz CT molecular complexity index is 976. The van der Waals surface area contributed by atoms with E-state index < -0.39 is 0 Å². The van der Waals surface area contributed by atoms with Crippen molar-refractivity contribution in [3.05, 3.63) is 82.3 Å². The molecule has 0 aromatic heterocycles. The van der Waals surface area contributed by atoms with Crippen LogP contribution < -0.4 is 19.5 Å². The molecule has 0 spiro atoms. The van der Waals surface area contributed by atoms with Crippen LogP contribution in [0, 0.1) is 0 Å². The van der Waals surface area contributed by atoms with Crippen molar-refractivity contribution in [1.29, 1.82) is 0 Å². The maximum Gasteiger partial charge on any atom is 0.255 e. The summed E-state index contributed by atoms with van der Waals surface area (Å²) in [7, 11) is 1.58. The molecule has 150 valence electrons. The second-order valence-electron chi connectivity index (χ2n) is 6.18. The van der Waals surface area contributed by atoms with Crippen LogP contribution in [0.3, 0.4) is 0 Å². The third-order valence-electron chi connectivity index (χ3n) is 4.13. The Labute approximate surface area is 178 Å². The van der Waals surface area contributed by atoms with Crippen LogP contribution in [0.5, 0.6) is 17.2 Å². The molecular formula is C23H22BrNO4. The molecular weight excluding hydrogens is 434 g/mol. The summed E-state index contributed by atoms with van der Waals surface area (Å²) in [5.41, 5.74) is 2.12. The summed E-state index contributed by atoms with van der Waals surface area (Å²) in [6.07, 6.45) is 0. The second-order valence-corrected chi connectivity index (χ2v) is 7.03. The van der Waals surface area contributed by atoms with Gasteiger partial charge < -0.3 is 19.5 Å². The van der Waals surface area contributed by atoms with Crippen molar-refractivity contribution in [1.82, 2.24) is 0 Å². The van der Waals surface area contributed by atoms with Gasteiger partial charge in [-0.05, 0) is 52.7 Å². The molecule has 0 radical (unpaired) electrons. The largest absolute Gasteiger partial charge is 0.497 e. The molecule has 0 aliphatic heterocycles. The molecule has 29 heavy (non-hydrogen) atoms. The van der Waals surface area contributed by atoms with Crippen LogP contribution in [0.2, 0.25) is 0 Å². The molecule has 0 bridgehead atoms. The van der Waals surface area contributed by atoms with E-state index in [1.54, 1.807) is 31.4 Å². The van der Waals surface area contributed by atoms with Gasteiger partial charge in [-0.15, -0.1) is 0 Å². The Morgan fingerprint density at radius 2 is 1.79 bits per heavy atom. The number of hydrogen-bond acceptors (Lipinski definition) is 4. The highest BCUT2D eigenvalue weighted by Crippen LogP contribution is 2.37. The van der Waals surface area contributed by atoms with Crippen molar-refractivity contribution in [2.24, 2.45) is 0 Å². The Hall–Kier alpha value is -2.99. The van der Waals surface area contributed by atoms with Crippen LogP contribution in [0.25, 0.3) is 0 Å². The van der Waals surface area contributed by atoms with E-state index in [0.717, 1.165) is 5.56 Å². The number of nitrogens with one attached hydrogen (secondary N) is 1. The Morgan fingerprint density at radius 3 is 2.52 bits per heavy atom. The van der Waals surface area contributed by atoms with Gasteiger partial charge in [-0.2, -0.15) is 0 Å². The predicted octanol–water partition coefficient (Wildman–Crippen LogP) is 5.69. The summed E-state index contributed by atoms with van der Waals surface area (Å²) < 4.78 is 17.6. The quantitative estimate of drug-likeness (QED) is 0.474. The van der Waals surface area contributed by atoms with Crippen molar-refractivity contribution >= 4 is 27.5 Å². The van der Waals surface area contributed by atoms with E-state index in [0.29, 0.717) is 46.2 Å². The first-order valence-corrected chi connectivity index (χ1v) is 9.98. The molecule has 6 heteroatoms. The number of hydrogen-bond donors (Lipinski definition) is 1. The van der Waals surface area contributed by atoms with Gasteiger partial charge in [0, 0.05) is 17.3 Å². The molecule has 0 saturated carbocycles. The standard InChI is InChI=1S/C23H22BrNO4/c1-3-28-22-20(24)12-17(13-21(22)29-15-16-8-5-4-6-9-16)23(26)25-18-10-7-11-19(14-18)27-2/h4-14H,3,15H2,1-2H3,(H,25,26). The average molecular weight is 456 g/mol. The first-order valence-electron chi connectivity index (χ1n) is 9.19. The number of rotatable bonds is 8. The number of amides is 1. The Balaban J connectivity index is 1.84. The zero-order valence-corrected chi connectivity index (χ0v) is 17.9. The Kier molecular flexibility index (Phi) is 7.14. The lowest BCUT2D eigenvalue weighted by molar-refractivity contribution is 0.102. The number of carbonyl (C=O) groups is 1. The number of halogens is 1. The fourth-order valence-corrected chi connectivity index (χ4v) is 3.29. The van der Waals surface area contributed by atoms with E-state index in [9.17, 15) is 4.79 Å². The van der Waals surface area contributed by atoms with Crippen LogP contribution in [0.4, 0.5) is 5.69 Å². The molecule has 3 rings (SSSR count). The highest BCUT2D eigenvalue weighted by atomic mass is 79.9. The van der Waals surface area contributed by atoms with Gasteiger partial charge in [0.2, 0.25) is 0 Å². The van der Waals surface area contributed by atoms with Crippen LogP contribution in [-0.4, -0.2) is 19.6 Å². The van der Waals surface area contributed by atoms with Gasteiger partial charge in [-0.3, -0.25) is 4.79 Å². The third kappa shape index (κ3) is 5.51. The van der Waals surface area contributed by atoms with Crippen molar-refractivity contribution in [3.8, 4) is 17.2 Å². The molecule has 0 aliphatic rings. The predicted molar refractivity (Wildman–Crippen MR) is 117 cm³/mol. The van der Waals surface area contributed by atoms with Gasteiger partial charge in [0.05, 0.1) is 18.2 Å². The van der Waals surface area contributed by atoms with Gasteiger partial charge in [-0.25, -0.2) is 0 Å². The number of ether oxygens (including phenoxy) is 3. The molecule has 1 N–H and O–H groups in total. The van der Waals surface area contributed by atoms with Gasteiger partial charge in [0.15, 0.2) is 11.5 Å². The average Bonchev–Trinajstić information content (AvgIpc) is 2.75. The molecule has 5 nitrogen and oxygen atoms in total. The van der Waals surface area contributed by atoms with E-state index in [4.69, 9.17) is 14.2 Å². The number of benzene rings is 3. The fraction of sp³-hybridized carbons (Fsp3) is 0.174. The Morgan fingerprint density at radius 1 is 1.00 bits per heavy atom. The van der Waals surface area contributed by atoms with Gasteiger partial charge >= 0.3 is 0 Å². The molecule has 0 heterocycles. The molecule has 0 fully saturated rings. The molecule has 0 aliphatic carbocycles. The van der Waals surface area contributed by atoms with E-state index >= 15 is 0 Å². The van der Waals surface area contributed by atoms with Gasteiger partial charge in [-0.1, -0.05) is 36.4 Å². The smallest absolute Gasteiger partial charge is 0.255 e. The van der Waals surface area contributed by atoms with E-state index in [-0.39, 0.29) is 5.91 Å². The minimum Gasteiger partial charge on any atom is -0.497 e. The second kappa shape index (κ2) is 9.98. The number of methoxy groups -OCH3 is 1. The first kappa shape index (κ1) is 20.7. The summed E-state index contributed by atoms with van der Waals surface area (Å²) >= 11 is 3.50. The van der Waals surface area contributed by atoms with E-state index in [2.05, 4.69) is 21.2 Å². The number of anilines is 1. The molecule has 0 saturated heterocycles. The highest BCUT2D eigenvalue weighted by Gasteiger charge is 2.16. The van der Waals surface area contributed by atoms with Crippen LogP contribution in [-0.2, 0) is 6.61 Å². The molecule has 3 aromatic carbocycles. The van der Waals surface area contributed by atoms with Crippen molar-refractivity contribution < 1.29 is 19.0 Å². The van der Waals surface area contributed by atoms with Crippen molar-refractivity contribution in [2.45, 2.75) is 13.5 Å². The summed E-state index contributed by atoms with van der Waals surface area (Å²) in [6, 6.07) is 20.4. The molecule has 3 aromatic rings. The van der Waals surface area contributed by atoms with Crippen molar-refractivity contribution in [2.75, 3.05) is 19.0 Å². The van der Waals surface area contributed by atoms with Gasteiger partial charge in [0.1, 0.15) is 12.4 Å². The summed E-state index contributed by atoms with van der Waals surface area (Å²) in [5.74, 6) is 1.48. The molecule has 0 unspecified atom stereocenters. The normalized spacial score (nSPS) is 10.3. The molecule has 0 atom stereocenters. The summed E-state index contributed by atoms with van der Waals surface area (Å²) in [5, 5.41) is 2.88. The lowest BCUT2D eigenvalue weighted by Crippen LogP contribution is -2.13. The van der Waals surface area contributed by atoms with E-state index in [1.165, 1.54) is 0 Å². The first-order chi connectivity index (χ1) is 14.1. The fourth-order valence-electron chi connectivity index (χ4n) is 2.73. The van der Waals surface area contributed by atoms with E-state index in [1.807, 2.05) is 49.4 Å². The zero-order valence-electron chi connectivity index (χ0n) is 16.3. The zero-order chi connectivity index (χ0) is 20.6. The minimum atomic E-state index is -0.258. The lowest BCUT2D eigenvalue weighted by Gasteiger charge is -2.15. The lowest BCUT2D eigenvalue weighted by atomic mass is 10.1. The van der Waals surface area contributed by atoms with Gasteiger partial charge in [0.25, 0.3) is 5.91 Å².